The molecule has 7 nitrogen and oxygen atoms in total. The van der Waals surface area contributed by atoms with Gasteiger partial charge in [-0.1, -0.05) is 24.3 Å². The van der Waals surface area contributed by atoms with Crippen molar-refractivity contribution in [2.24, 2.45) is 0 Å². The van der Waals surface area contributed by atoms with Crippen LogP contribution in [0.25, 0.3) is 11.1 Å². The minimum absolute atomic E-state index is 0.0178. The maximum atomic E-state index is 15.7. The maximum Gasteiger partial charge on any atom is 0.416 e. The summed E-state index contributed by atoms with van der Waals surface area (Å²) in [5, 5.41) is 0.484. The van der Waals surface area contributed by atoms with E-state index in [2.05, 4.69) is 9.80 Å². The third-order valence-electron chi connectivity index (χ3n) is 9.52. The molecule has 0 radical (unpaired) electrons. The molecule has 7 rings (SSSR count). The first-order chi connectivity index (χ1) is 23.5. The summed E-state index contributed by atoms with van der Waals surface area (Å²) in [5.41, 5.74) is -0.225. The molecule has 3 aliphatic heterocycles. The Bertz CT molecular complexity index is 1960. The smallest absolute Gasteiger partial charge is 0.416 e. The van der Waals surface area contributed by atoms with Crippen molar-refractivity contribution in [2.45, 2.75) is 37.1 Å². The van der Waals surface area contributed by atoms with E-state index in [1.54, 1.807) is 17.6 Å². The Labute approximate surface area is 284 Å². The highest BCUT2D eigenvalue weighted by Crippen LogP contribution is 2.43. The molecule has 4 heterocycles. The van der Waals surface area contributed by atoms with E-state index in [1.165, 1.54) is 31.0 Å². The quantitative estimate of drug-likeness (QED) is 0.185. The van der Waals surface area contributed by atoms with E-state index in [-0.39, 0.29) is 29.7 Å². The zero-order valence-corrected chi connectivity index (χ0v) is 27.7. The van der Waals surface area contributed by atoms with Gasteiger partial charge in [-0.15, -0.1) is 11.8 Å². The summed E-state index contributed by atoms with van der Waals surface area (Å²) in [5.74, 6) is 0.162. The van der Waals surface area contributed by atoms with E-state index < -0.39 is 40.9 Å². The van der Waals surface area contributed by atoms with Crippen LogP contribution in [0.2, 0.25) is 0 Å². The molecule has 13 heteroatoms. The molecule has 1 saturated heterocycles. The monoisotopic (exact) mass is 699 g/mol. The Balaban J connectivity index is 1.20. The fraction of sp³-hybridized carbons (Fsp3) is 0.361. The van der Waals surface area contributed by atoms with Gasteiger partial charge in [0.15, 0.2) is 23.1 Å². The van der Waals surface area contributed by atoms with Gasteiger partial charge >= 0.3 is 6.18 Å². The van der Waals surface area contributed by atoms with Crippen molar-refractivity contribution in [1.29, 1.82) is 0 Å². The van der Waals surface area contributed by atoms with Crippen LogP contribution in [-0.4, -0.2) is 66.7 Å². The first-order valence-electron chi connectivity index (χ1n) is 15.9. The summed E-state index contributed by atoms with van der Waals surface area (Å²) >= 11 is 1.37. The standard InChI is InChI=1S/C36H34F5N3O4S/c1-21-25(16-26-27(36(39,40)41)6-4-7-28(26)37)35-44(34(45)32(21)24-5-3-8-30(46-2)33(24)38)23(19-49-35)18-43-13-11-42(12-14-43)17-22-9-10-29-31(15-22)48-20-47-29/h3-10,15,23H,11-14,16-20H2,1-2H3. The van der Waals surface area contributed by atoms with Gasteiger partial charge in [-0.3, -0.25) is 19.2 Å². The number of benzene rings is 3. The Morgan fingerprint density at radius 2 is 1.67 bits per heavy atom. The van der Waals surface area contributed by atoms with Gasteiger partial charge in [-0.25, -0.2) is 8.78 Å². The second-order valence-electron chi connectivity index (χ2n) is 12.5. The van der Waals surface area contributed by atoms with Crippen molar-refractivity contribution in [3.8, 4) is 28.4 Å². The van der Waals surface area contributed by atoms with Crippen molar-refractivity contribution in [1.82, 2.24) is 14.4 Å². The summed E-state index contributed by atoms with van der Waals surface area (Å²) in [6.45, 7) is 6.16. The highest BCUT2D eigenvalue weighted by molar-refractivity contribution is 7.99. The number of rotatable bonds is 8. The molecule has 3 aromatic carbocycles. The lowest BCUT2D eigenvalue weighted by Gasteiger charge is -2.36. The number of pyridine rings is 1. The first-order valence-corrected chi connectivity index (χ1v) is 16.9. The first kappa shape index (κ1) is 33.4. The highest BCUT2D eigenvalue weighted by Gasteiger charge is 2.37. The zero-order chi connectivity index (χ0) is 34.4. The van der Waals surface area contributed by atoms with Gasteiger partial charge in [0.2, 0.25) is 6.79 Å². The number of hydrogen-bond acceptors (Lipinski definition) is 7. The van der Waals surface area contributed by atoms with Gasteiger partial charge in [0, 0.05) is 62.6 Å². The van der Waals surface area contributed by atoms with E-state index in [1.807, 2.05) is 18.2 Å². The number of methoxy groups -OCH3 is 1. The second-order valence-corrected chi connectivity index (χ2v) is 13.5. The van der Waals surface area contributed by atoms with Crippen LogP contribution in [0, 0.1) is 18.6 Å². The summed E-state index contributed by atoms with van der Waals surface area (Å²) in [6, 6.07) is 12.9. The molecule has 49 heavy (non-hydrogen) atoms. The molecule has 0 N–H and O–H groups in total. The van der Waals surface area contributed by atoms with Gasteiger partial charge in [0.05, 0.1) is 29.3 Å². The average molecular weight is 700 g/mol. The summed E-state index contributed by atoms with van der Waals surface area (Å²) in [6.07, 6.45) is -5.21. The fourth-order valence-corrected chi connectivity index (χ4v) is 8.37. The predicted octanol–water partition coefficient (Wildman–Crippen LogP) is 6.91. The fourth-order valence-electron chi connectivity index (χ4n) is 7.00. The van der Waals surface area contributed by atoms with Crippen molar-refractivity contribution >= 4 is 11.8 Å². The molecule has 0 saturated carbocycles. The number of alkyl halides is 3. The van der Waals surface area contributed by atoms with E-state index in [0.717, 1.165) is 68.0 Å². The van der Waals surface area contributed by atoms with Crippen LogP contribution in [0.5, 0.6) is 17.2 Å². The largest absolute Gasteiger partial charge is 0.494 e. The molecule has 1 aromatic heterocycles. The minimum atomic E-state index is -4.79. The normalized spacial score (nSPS) is 17.8. The molecular weight excluding hydrogens is 665 g/mol. The van der Waals surface area contributed by atoms with Crippen LogP contribution in [0.3, 0.4) is 0 Å². The number of fused-ring (bicyclic) bond motifs is 2. The SMILES string of the molecule is COc1cccc(-c2c(C)c(Cc3c(F)cccc3C(F)(F)F)c3n(c2=O)C(CN2CCN(Cc4ccc5c(c4)OCO5)CC2)CS3)c1F. The molecule has 4 aromatic rings. The molecule has 3 aliphatic rings. The van der Waals surface area contributed by atoms with Crippen molar-refractivity contribution < 1.29 is 36.2 Å². The molecule has 0 bridgehead atoms. The van der Waals surface area contributed by atoms with Crippen LogP contribution in [0.4, 0.5) is 22.0 Å². The molecular formula is C36H34F5N3O4S. The Morgan fingerprint density at radius 1 is 0.939 bits per heavy atom. The Morgan fingerprint density at radius 3 is 2.43 bits per heavy atom. The van der Waals surface area contributed by atoms with E-state index >= 15 is 8.78 Å². The molecule has 258 valence electrons. The number of aromatic nitrogens is 1. The summed E-state index contributed by atoms with van der Waals surface area (Å²) in [4.78, 5) is 19.0. The minimum Gasteiger partial charge on any atom is -0.494 e. The van der Waals surface area contributed by atoms with Gasteiger partial charge in [-0.2, -0.15) is 13.2 Å². The molecule has 1 atom stereocenters. The van der Waals surface area contributed by atoms with Crippen molar-refractivity contribution in [3.05, 3.63) is 104 Å². The van der Waals surface area contributed by atoms with Crippen molar-refractivity contribution in [3.63, 3.8) is 0 Å². The number of nitrogens with zero attached hydrogens (tertiary/aromatic N) is 3. The zero-order valence-electron chi connectivity index (χ0n) is 26.9. The highest BCUT2D eigenvalue weighted by atomic mass is 32.2. The third-order valence-corrected chi connectivity index (χ3v) is 10.8. The topological polar surface area (TPSA) is 56.2 Å². The molecule has 1 fully saturated rings. The van der Waals surface area contributed by atoms with Crippen LogP contribution >= 0.6 is 11.8 Å². The van der Waals surface area contributed by atoms with E-state index in [0.29, 0.717) is 28.5 Å². The molecule has 0 amide bonds. The van der Waals surface area contributed by atoms with Gasteiger partial charge in [-0.05, 0) is 53.9 Å². The molecule has 0 aliphatic carbocycles. The Kier molecular flexibility index (Phi) is 9.09. The molecule has 1 unspecified atom stereocenters. The lowest BCUT2D eigenvalue weighted by atomic mass is 9.92. The summed E-state index contributed by atoms with van der Waals surface area (Å²) < 4.78 is 90.8. The van der Waals surface area contributed by atoms with Crippen LogP contribution in [-0.2, 0) is 19.1 Å². The van der Waals surface area contributed by atoms with Gasteiger partial charge < -0.3 is 14.2 Å². The van der Waals surface area contributed by atoms with Gasteiger partial charge in [0.25, 0.3) is 5.56 Å². The predicted molar refractivity (Wildman–Crippen MR) is 176 cm³/mol. The maximum absolute atomic E-state index is 15.7. The number of piperazine rings is 1. The van der Waals surface area contributed by atoms with E-state index in [9.17, 15) is 18.0 Å². The van der Waals surface area contributed by atoms with Crippen LogP contribution < -0.4 is 19.8 Å². The van der Waals surface area contributed by atoms with E-state index in [4.69, 9.17) is 14.2 Å². The van der Waals surface area contributed by atoms with Crippen LogP contribution in [0.1, 0.15) is 33.9 Å². The van der Waals surface area contributed by atoms with Gasteiger partial charge in [0.1, 0.15) is 5.82 Å². The third kappa shape index (κ3) is 6.39. The average Bonchev–Trinajstić information content (AvgIpc) is 3.72. The second kappa shape index (κ2) is 13.3. The lowest BCUT2D eigenvalue weighted by molar-refractivity contribution is -0.138. The number of ether oxygens (including phenoxy) is 3. The number of halogens is 5. The number of hydrogen-bond donors (Lipinski definition) is 0. The summed E-state index contributed by atoms with van der Waals surface area (Å²) in [7, 11) is 1.31. The number of thioether (sulfide) groups is 1. The lowest BCUT2D eigenvalue weighted by Crippen LogP contribution is -2.48. The molecule has 0 spiro atoms. The Hall–Kier alpha value is -4.07. The van der Waals surface area contributed by atoms with Crippen LogP contribution in [0.15, 0.2) is 64.4 Å². The van der Waals surface area contributed by atoms with Crippen molar-refractivity contribution in [2.75, 3.05) is 52.4 Å².